The number of para-hydroxylation sites is 1. The lowest BCUT2D eigenvalue weighted by Gasteiger charge is -2.10. The third-order valence-corrected chi connectivity index (χ3v) is 5.45. The quantitative estimate of drug-likeness (QED) is 0.941. The number of hydrogen-bond acceptors (Lipinski definition) is 4. The maximum Gasteiger partial charge on any atom is 0.271 e. The molecule has 0 amide bonds. The predicted molar refractivity (Wildman–Crippen MR) is 75.7 cm³/mol. The fraction of sp³-hybridized carbons (Fsp3) is 0.154. The molecule has 0 fully saturated rings. The van der Waals surface area contributed by atoms with Crippen LogP contribution in [0.2, 0.25) is 0 Å². The molecule has 98 valence electrons. The van der Waals surface area contributed by atoms with Crippen molar-refractivity contribution in [2.24, 2.45) is 0 Å². The molecule has 0 atom stereocenters. The maximum atomic E-state index is 12.2. The maximum absolute atomic E-state index is 12.2. The van der Waals surface area contributed by atoms with Gasteiger partial charge >= 0.3 is 0 Å². The van der Waals surface area contributed by atoms with Gasteiger partial charge in [-0.2, -0.15) is 5.26 Å². The van der Waals surface area contributed by atoms with Gasteiger partial charge in [0.15, 0.2) is 0 Å². The Morgan fingerprint density at radius 2 is 2.00 bits per heavy atom. The zero-order valence-electron chi connectivity index (χ0n) is 10.3. The number of nitrogens with zero attached hydrogens (tertiary/aromatic N) is 1. The number of benzene rings is 1. The van der Waals surface area contributed by atoms with E-state index in [4.69, 9.17) is 5.26 Å². The van der Waals surface area contributed by atoms with Crippen LogP contribution in [0.4, 0.5) is 5.69 Å². The number of thiophene rings is 1. The van der Waals surface area contributed by atoms with Gasteiger partial charge in [-0.1, -0.05) is 25.1 Å². The van der Waals surface area contributed by atoms with Crippen molar-refractivity contribution in [2.75, 3.05) is 4.72 Å². The van der Waals surface area contributed by atoms with E-state index in [1.54, 1.807) is 12.1 Å². The summed E-state index contributed by atoms with van der Waals surface area (Å²) in [6.07, 6.45) is 0.743. The molecule has 2 aromatic rings. The summed E-state index contributed by atoms with van der Waals surface area (Å²) in [6, 6.07) is 12.1. The molecular formula is C13H12N2O2S2. The molecule has 1 aromatic heterocycles. The van der Waals surface area contributed by atoms with Crippen molar-refractivity contribution in [2.45, 2.75) is 17.6 Å². The number of rotatable bonds is 4. The van der Waals surface area contributed by atoms with Gasteiger partial charge < -0.3 is 0 Å². The fourth-order valence-corrected chi connectivity index (χ4v) is 3.85. The summed E-state index contributed by atoms with van der Waals surface area (Å²) in [5, 5.41) is 8.73. The molecular weight excluding hydrogens is 280 g/mol. The number of anilines is 1. The van der Waals surface area contributed by atoms with Gasteiger partial charge in [-0.15, -0.1) is 11.3 Å². The Labute approximate surface area is 116 Å². The van der Waals surface area contributed by atoms with E-state index in [-0.39, 0.29) is 4.21 Å². The molecule has 0 saturated carbocycles. The van der Waals surface area contributed by atoms with Gasteiger partial charge in [0, 0.05) is 0 Å². The average molecular weight is 292 g/mol. The molecule has 1 N–H and O–H groups in total. The van der Waals surface area contributed by atoms with E-state index in [9.17, 15) is 8.42 Å². The van der Waals surface area contributed by atoms with Crippen molar-refractivity contribution >= 4 is 27.0 Å². The molecule has 1 aromatic carbocycles. The van der Waals surface area contributed by atoms with Crippen molar-refractivity contribution < 1.29 is 8.42 Å². The Morgan fingerprint density at radius 3 is 2.63 bits per heavy atom. The van der Waals surface area contributed by atoms with Crippen molar-refractivity contribution in [3.8, 4) is 6.07 Å². The zero-order valence-corrected chi connectivity index (χ0v) is 11.9. The molecule has 0 saturated heterocycles. The first-order valence-corrected chi connectivity index (χ1v) is 7.97. The van der Waals surface area contributed by atoms with Crippen molar-refractivity contribution in [3.63, 3.8) is 0 Å². The zero-order chi connectivity index (χ0) is 13.9. The third kappa shape index (κ3) is 2.95. The number of sulfonamides is 1. The Kier molecular flexibility index (Phi) is 3.88. The van der Waals surface area contributed by atoms with Gasteiger partial charge in [-0.3, -0.25) is 4.72 Å². The van der Waals surface area contributed by atoms with Gasteiger partial charge in [0.2, 0.25) is 0 Å². The van der Waals surface area contributed by atoms with Crippen LogP contribution in [0, 0.1) is 11.3 Å². The minimum Gasteiger partial charge on any atom is -0.279 e. The standard InChI is InChI=1S/C13H12N2O2S2/c1-2-10-5-3-4-6-12(10)15-19(16,17)13-8-7-11(9-14)18-13/h3-8,15H,2H2,1H3. The molecule has 0 aliphatic carbocycles. The van der Waals surface area contributed by atoms with Crippen molar-refractivity contribution in [3.05, 3.63) is 46.8 Å². The topological polar surface area (TPSA) is 70.0 Å². The second kappa shape index (κ2) is 5.43. The Bertz CT molecular complexity index is 727. The summed E-state index contributed by atoms with van der Waals surface area (Å²) >= 11 is 0.961. The largest absolute Gasteiger partial charge is 0.279 e. The first kappa shape index (κ1) is 13.6. The molecule has 1 heterocycles. The molecule has 0 radical (unpaired) electrons. The van der Waals surface area contributed by atoms with E-state index in [2.05, 4.69) is 4.72 Å². The first-order chi connectivity index (χ1) is 9.06. The van der Waals surface area contributed by atoms with E-state index in [0.717, 1.165) is 23.3 Å². The Balaban J connectivity index is 2.34. The monoisotopic (exact) mass is 292 g/mol. The van der Waals surface area contributed by atoms with E-state index in [1.165, 1.54) is 12.1 Å². The van der Waals surface area contributed by atoms with E-state index in [1.807, 2.05) is 25.1 Å². The lowest BCUT2D eigenvalue weighted by atomic mass is 10.1. The van der Waals surface area contributed by atoms with E-state index in [0.29, 0.717) is 10.6 Å². The number of aryl methyl sites for hydroxylation is 1. The van der Waals surface area contributed by atoms with Crippen LogP contribution < -0.4 is 4.72 Å². The summed E-state index contributed by atoms with van der Waals surface area (Å²) < 4.78 is 27.1. The van der Waals surface area contributed by atoms with Crippen LogP contribution in [0.3, 0.4) is 0 Å². The average Bonchev–Trinajstić information content (AvgIpc) is 2.88. The molecule has 0 bridgehead atoms. The molecule has 4 nitrogen and oxygen atoms in total. The lowest BCUT2D eigenvalue weighted by molar-refractivity contribution is 0.603. The van der Waals surface area contributed by atoms with Gasteiger partial charge in [0.05, 0.1) is 5.69 Å². The van der Waals surface area contributed by atoms with Gasteiger partial charge in [-0.05, 0) is 30.2 Å². The number of hydrogen-bond donors (Lipinski definition) is 1. The Morgan fingerprint density at radius 1 is 1.26 bits per heavy atom. The van der Waals surface area contributed by atoms with E-state index >= 15 is 0 Å². The van der Waals surface area contributed by atoms with Crippen molar-refractivity contribution in [1.82, 2.24) is 0 Å². The minimum atomic E-state index is -3.62. The summed E-state index contributed by atoms with van der Waals surface area (Å²) in [7, 11) is -3.62. The number of nitrogens with one attached hydrogen (secondary N) is 1. The highest BCUT2D eigenvalue weighted by Crippen LogP contribution is 2.25. The van der Waals surface area contributed by atoms with Crippen LogP contribution >= 0.6 is 11.3 Å². The highest BCUT2D eigenvalue weighted by molar-refractivity contribution is 7.94. The van der Waals surface area contributed by atoms with E-state index < -0.39 is 10.0 Å². The third-order valence-electron chi connectivity index (χ3n) is 2.60. The first-order valence-electron chi connectivity index (χ1n) is 5.67. The molecule has 0 spiro atoms. The summed E-state index contributed by atoms with van der Waals surface area (Å²) in [5.41, 5.74) is 1.51. The van der Waals surface area contributed by atoms with Crippen LogP contribution in [0.15, 0.2) is 40.6 Å². The van der Waals surface area contributed by atoms with Crippen LogP contribution in [0.25, 0.3) is 0 Å². The SMILES string of the molecule is CCc1ccccc1NS(=O)(=O)c1ccc(C#N)s1. The lowest BCUT2D eigenvalue weighted by Crippen LogP contribution is -2.12. The second-order valence-corrected chi connectivity index (χ2v) is 6.84. The normalized spacial score (nSPS) is 10.9. The summed E-state index contributed by atoms with van der Waals surface area (Å²) in [6.45, 7) is 1.96. The smallest absolute Gasteiger partial charge is 0.271 e. The fourth-order valence-electron chi connectivity index (χ4n) is 1.65. The molecule has 0 aliphatic heterocycles. The molecule has 6 heteroatoms. The molecule has 0 aliphatic rings. The van der Waals surface area contributed by atoms with Gasteiger partial charge in [-0.25, -0.2) is 8.42 Å². The highest BCUT2D eigenvalue weighted by Gasteiger charge is 2.18. The van der Waals surface area contributed by atoms with Crippen molar-refractivity contribution in [1.29, 1.82) is 5.26 Å². The van der Waals surface area contributed by atoms with Crippen LogP contribution in [-0.4, -0.2) is 8.42 Å². The predicted octanol–water partition coefficient (Wildman–Crippen LogP) is 2.98. The van der Waals surface area contributed by atoms with Crippen LogP contribution in [0.1, 0.15) is 17.4 Å². The van der Waals surface area contributed by atoms with Crippen LogP contribution in [-0.2, 0) is 16.4 Å². The minimum absolute atomic E-state index is 0.148. The van der Waals surface area contributed by atoms with Crippen LogP contribution in [0.5, 0.6) is 0 Å². The summed E-state index contributed by atoms with van der Waals surface area (Å²) in [5.74, 6) is 0. The molecule has 0 unspecified atom stereocenters. The number of nitriles is 1. The van der Waals surface area contributed by atoms with Gasteiger partial charge in [0.25, 0.3) is 10.0 Å². The highest BCUT2D eigenvalue weighted by atomic mass is 32.2. The summed E-state index contributed by atoms with van der Waals surface area (Å²) in [4.78, 5) is 0.379. The van der Waals surface area contributed by atoms with Gasteiger partial charge in [0.1, 0.15) is 15.2 Å². The molecule has 2 rings (SSSR count). The molecule has 19 heavy (non-hydrogen) atoms. The Hall–Kier alpha value is -1.84. The second-order valence-electron chi connectivity index (χ2n) is 3.85.